The number of alkyl carbamates (subject to hydrolysis) is 1. The molecule has 0 spiro atoms. The van der Waals surface area contributed by atoms with Crippen LogP contribution < -0.4 is 5.32 Å². The summed E-state index contributed by atoms with van der Waals surface area (Å²) in [5, 5.41) is 2.95. The molecule has 0 aliphatic heterocycles. The SMILES string of the molecule is CC(C)(C)OC(=O)N[C@@H]1[C@H]2CC[C@H](C2)[C@@H]1c1cc(F)cc(F)c1. The van der Waals surface area contributed by atoms with E-state index in [-0.39, 0.29) is 12.0 Å². The van der Waals surface area contributed by atoms with Gasteiger partial charge in [-0.2, -0.15) is 0 Å². The van der Waals surface area contributed by atoms with Crippen molar-refractivity contribution in [3.8, 4) is 0 Å². The lowest BCUT2D eigenvalue weighted by molar-refractivity contribution is 0.0479. The normalized spacial score (nSPS) is 29.6. The van der Waals surface area contributed by atoms with Crippen LogP contribution in [0.15, 0.2) is 18.2 Å². The van der Waals surface area contributed by atoms with Gasteiger partial charge in [0.25, 0.3) is 0 Å². The van der Waals surface area contributed by atoms with E-state index in [4.69, 9.17) is 4.74 Å². The summed E-state index contributed by atoms with van der Waals surface area (Å²) < 4.78 is 32.5. The molecular formula is C18H23F2NO2. The molecule has 3 nitrogen and oxygen atoms in total. The monoisotopic (exact) mass is 323 g/mol. The maximum atomic E-state index is 13.6. The first-order valence-electron chi connectivity index (χ1n) is 8.18. The third-order valence-electron chi connectivity index (χ3n) is 4.87. The van der Waals surface area contributed by atoms with Gasteiger partial charge < -0.3 is 10.1 Å². The highest BCUT2D eigenvalue weighted by Gasteiger charge is 2.49. The number of nitrogens with one attached hydrogen (secondary N) is 1. The summed E-state index contributed by atoms with van der Waals surface area (Å²) in [7, 11) is 0. The molecule has 2 aliphatic rings. The Hall–Kier alpha value is -1.65. The Morgan fingerprint density at radius 2 is 1.74 bits per heavy atom. The molecule has 1 amide bonds. The van der Waals surface area contributed by atoms with Gasteiger partial charge in [0.05, 0.1) is 0 Å². The molecule has 2 aliphatic carbocycles. The van der Waals surface area contributed by atoms with Gasteiger partial charge in [0.2, 0.25) is 0 Å². The molecule has 1 aromatic rings. The number of hydrogen-bond donors (Lipinski definition) is 1. The third kappa shape index (κ3) is 3.48. The van der Waals surface area contributed by atoms with Gasteiger partial charge in [0.15, 0.2) is 0 Å². The highest BCUT2D eigenvalue weighted by Crippen LogP contribution is 2.53. The van der Waals surface area contributed by atoms with E-state index in [2.05, 4.69) is 5.32 Å². The standard InChI is InChI=1S/C18H23F2NO2/c1-18(2,3)23-17(22)21-16-11-5-4-10(6-11)15(16)12-7-13(19)9-14(20)8-12/h7-11,15-16H,4-6H2,1-3H3,(H,21,22)/t10-,11+,15-,16-/m1/s1. The summed E-state index contributed by atoms with van der Waals surface area (Å²) in [6.45, 7) is 5.44. The van der Waals surface area contributed by atoms with Crippen molar-refractivity contribution >= 4 is 6.09 Å². The topological polar surface area (TPSA) is 38.3 Å². The number of benzene rings is 1. The van der Waals surface area contributed by atoms with Crippen LogP contribution in [0.25, 0.3) is 0 Å². The first-order chi connectivity index (χ1) is 10.7. The molecule has 2 saturated carbocycles. The minimum atomic E-state index is -0.571. The summed E-state index contributed by atoms with van der Waals surface area (Å²) in [5.74, 6) is -0.478. The highest BCUT2D eigenvalue weighted by atomic mass is 19.1. The molecular weight excluding hydrogens is 300 g/mol. The van der Waals surface area contributed by atoms with Gasteiger partial charge >= 0.3 is 6.09 Å². The Labute approximate surface area is 135 Å². The van der Waals surface area contributed by atoms with Crippen LogP contribution in [0.1, 0.15) is 51.5 Å². The zero-order valence-corrected chi connectivity index (χ0v) is 13.7. The van der Waals surface area contributed by atoms with Gasteiger partial charge in [-0.05, 0) is 69.6 Å². The van der Waals surface area contributed by atoms with E-state index in [1.807, 2.05) is 20.8 Å². The molecule has 0 aromatic heterocycles. The van der Waals surface area contributed by atoms with E-state index in [1.165, 1.54) is 12.1 Å². The first kappa shape index (κ1) is 16.2. The summed E-state index contributed by atoms with van der Waals surface area (Å²) >= 11 is 0. The number of ether oxygens (including phenoxy) is 1. The van der Waals surface area contributed by atoms with Crippen LogP contribution >= 0.6 is 0 Å². The van der Waals surface area contributed by atoms with Crippen molar-refractivity contribution in [2.75, 3.05) is 0 Å². The largest absolute Gasteiger partial charge is 0.444 e. The van der Waals surface area contributed by atoms with Crippen molar-refractivity contribution in [3.05, 3.63) is 35.4 Å². The lowest BCUT2D eigenvalue weighted by Crippen LogP contribution is -2.45. The fourth-order valence-electron chi connectivity index (χ4n) is 4.19. The summed E-state index contributed by atoms with van der Waals surface area (Å²) in [5.41, 5.74) is 0.0677. The summed E-state index contributed by atoms with van der Waals surface area (Å²) in [6.07, 6.45) is 2.61. The van der Waals surface area contributed by atoms with E-state index < -0.39 is 23.3 Å². The first-order valence-corrected chi connectivity index (χ1v) is 8.18. The highest BCUT2D eigenvalue weighted by molar-refractivity contribution is 5.68. The maximum Gasteiger partial charge on any atom is 0.407 e. The second-order valence-electron chi connectivity index (χ2n) is 7.73. The minimum Gasteiger partial charge on any atom is -0.444 e. The van der Waals surface area contributed by atoms with Gasteiger partial charge in [0, 0.05) is 18.0 Å². The zero-order chi connectivity index (χ0) is 16.8. The molecule has 0 unspecified atom stereocenters. The van der Waals surface area contributed by atoms with Crippen LogP contribution in [0.4, 0.5) is 13.6 Å². The van der Waals surface area contributed by atoms with Gasteiger partial charge in [-0.1, -0.05) is 0 Å². The van der Waals surface area contributed by atoms with E-state index in [1.54, 1.807) is 0 Å². The quantitative estimate of drug-likeness (QED) is 0.877. The van der Waals surface area contributed by atoms with Gasteiger partial charge in [0.1, 0.15) is 17.2 Å². The average molecular weight is 323 g/mol. The predicted molar refractivity (Wildman–Crippen MR) is 83.1 cm³/mol. The third-order valence-corrected chi connectivity index (χ3v) is 4.87. The Bertz CT molecular complexity index is 591. The number of rotatable bonds is 2. The lowest BCUT2D eigenvalue weighted by atomic mass is 9.80. The number of amides is 1. The Morgan fingerprint density at radius 3 is 2.35 bits per heavy atom. The van der Waals surface area contributed by atoms with Crippen LogP contribution in [0.3, 0.4) is 0 Å². The molecule has 2 bridgehead atoms. The van der Waals surface area contributed by atoms with E-state index in [0.29, 0.717) is 17.4 Å². The molecule has 126 valence electrons. The molecule has 4 atom stereocenters. The van der Waals surface area contributed by atoms with Gasteiger partial charge in [-0.15, -0.1) is 0 Å². The Kier molecular flexibility index (Phi) is 4.07. The number of halogens is 2. The number of carbonyl (C=O) groups is 1. The molecule has 0 heterocycles. The lowest BCUT2D eigenvalue weighted by Gasteiger charge is -2.33. The Morgan fingerprint density at radius 1 is 1.13 bits per heavy atom. The smallest absolute Gasteiger partial charge is 0.407 e. The predicted octanol–water partition coefficient (Wildman–Crippen LogP) is 4.37. The second kappa shape index (κ2) is 5.77. The van der Waals surface area contributed by atoms with Crippen LogP contribution in [0, 0.1) is 23.5 Å². The van der Waals surface area contributed by atoms with Crippen molar-refractivity contribution < 1.29 is 18.3 Å². The zero-order valence-electron chi connectivity index (χ0n) is 13.7. The summed E-state index contributed by atoms with van der Waals surface area (Å²) in [4.78, 5) is 12.1. The van der Waals surface area contributed by atoms with Crippen molar-refractivity contribution in [1.29, 1.82) is 0 Å². The van der Waals surface area contributed by atoms with Crippen LogP contribution in [-0.4, -0.2) is 17.7 Å². The van der Waals surface area contributed by atoms with Crippen molar-refractivity contribution in [1.82, 2.24) is 5.32 Å². The molecule has 0 radical (unpaired) electrons. The van der Waals surface area contributed by atoms with Crippen LogP contribution in [0.5, 0.6) is 0 Å². The van der Waals surface area contributed by atoms with Gasteiger partial charge in [-0.3, -0.25) is 0 Å². The molecule has 1 aromatic carbocycles. The molecule has 3 rings (SSSR count). The molecule has 2 fully saturated rings. The fraction of sp³-hybridized carbons (Fsp3) is 0.611. The van der Waals surface area contributed by atoms with Crippen LogP contribution in [0.2, 0.25) is 0 Å². The van der Waals surface area contributed by atoms with Crippen molar-refractivity contribution in [2.45, 2.75) is 57.6 Å². The number of hydrogen-bond acceptors (Lipinski definition) is 2. The van der Waals surface area contributed by atoms with Crippen molar-refractivity contribution in [2.24, 2.45) is 11.8 Å². The second-order valence-corrected chi connectivity index (χ2v) is 7.73. The minimum absolute atomic E-state index is 0.0496. The molecule has 5 heteroatoms. The Balaban J connectivity index is 1.81. The van der Waals surface area contributed by atoms with Gasteiger partial charge in [-0.25, -0.2) is 13.6 Å². The number of carbonyl (C=O) groups excluding carboxylic acids is 1. The molecule has 0 saturated heterocycles. The van der Waals surface area contributed by atoms with Crippen LogP contribution in [-0.2, 0) is 4.74 Å². The van der Waals surface area contributed by atoms with Crippen molar-refractivity contribution in [3.63, 3.8) is 0 Å². The summed E-state index contributed by atoms with van der Waals surface area (Å²) in [6, 6.07) is 3.54. The molecule has 1 N–H and O–H groups in total. The van der Waals surface area contributed by atoms with E-state index in [0.717, 1.165) is 25.3 Å². The average Bonchev–Trinajstić information content (AvgIpc) is 2.95. The van der Waals surface area contributed by atoms with E-state index >= 15 is 0 Å². The maximum absolute atomic E-state index is 13.6. The number of fused-ring (bicyclic) bond motifs is 2. The fourth-order valence-corrected chi connectivity index (χ4v) is 4.19. The van der Waals surface area contributed by atoms with E-state index in [9.17, 15) is 13.6 Å². The molecule has 23 heavy (non-hydrogen) atoms.